The Bertz CT molecular complexity index is 861. The van der Waals surface area contributed by atoms with Gasteiger partial charge in [-0.15, -0.1) is 0 Å². The highest BCUT2D eigenvalue weighted by Gasteiger charge is 2.29. The molecule has 2 N–H and O–H groups in total. The predicted octanol–water partition coefficient (Wildman–Crippen LogP) is 4.68. The molecule has 0 aliphatic heterocycles. The molecule has 0 radical (unpaired) electrons. The highest BCUT2D eigenvalue weighted by atomic mass is 79.9. The third-order valence-electron chi connectivity index (χ3n) is 4.88. The predicted molar refractivity (Wildman–Crippen MR) is 104 cm³/mol. The second-order valence-electron chi connectivity index (χ2n) is 7.92. The minimum Gasteiger partial charge on any atom is -0.463 e. The molecule has 0 unspecified atom stereocenters. The number of nitrogens with zero attached hydrogens (tertiary/aromatic N) is 2. The highest BCUT2D eigenvalue weighted by molar-refractivity contribution is 9.10. The number of amides is 1. The van der Waals surface area contributed by atoms with Gasteiger partial charge in [0.25, 0.3) is 5.91 Å². The van der Waals surface area contributed by atoms with Crippen molar-refractivity contribution in [3.05, 3.63) is 27.9 Å². The summed E-state index contributed by atoms with van der Waals surface area (Å²) in [6.45, 7) is 6.11. The van der Waals surface area contributed by atoms with Gasteiger partial charge in [0.2, 0.25) is 0 Å². The summed E-state index contributed by atoms with van der Waals surface area (Å²) >= 11 is 3.57. The van der Waals surface area contributed by atoms with E-state index < -0.39 is 6.09 Å². The Labute approximate surface area is 161 Å². The maximum absolute atomic E-state index is 13.0. The standard InChI is InChI=1S/C19H24BrN3O3/c1-19(2,3)15-12(20)9-10-13-14(15)16(22-23(13)18(25)26)17(24)21-11-7-5-4-6-8-11/h9-11H,4-8H2,1-3H3,(H,21,24)(H,25,26). The summed E-state index contributed by atoms with van der Waals surface area (Å²) in [5, 5.41) is 17.3. The van der Waals surface area contributed by atoms with Gasteiger partial charge in [-0.25, -0.2) is 4.79 Å². The van der Waals surface area contributed by atoms with Gasteiger partial charge in [0.05, 0.1) is 5.52 Å². The molecule has 0 atom stereocenters. The first-order chi connectivity index (χ1) is 12.2. The molecule has 140 valence electrons. The van der Waals surface area contributed by atoms with Gasteiger partial charge >= 0.3 is 6.09 Å². The zero-order valence-electron chi connectivity index (χ0n) is 15.3. The van der Waals surface area contributed by atoms with E-state index in [1.165, 1.54) is 6.42 Å². The van der Waals surface area contributed by atoms with Gasteiger partial charge < -0.3 is 10.4 Å². The minimum atomic E-state index is -1.20. The topological polar surface area (TPSA) is 84.2 Å². The zero-order chi connectivity index (χ0) is 19.1. The Hall–Kier alpha value is -1.89. The minimum absolute atomic E-state index is 0.131. The number of carbonyl (C=O) groups is 2. The van der Waals surface area contributed by atoms with Crippen molar-refractivity contribution < 1.29 is 14.7 Å². The Morgan fingerprint density at radius 1 is 1.23 bits per heavy atom. The first kappa shape index (κ1) is 18.9. The Morgan fingerprint density at radius 3 is 2.46 bits per heavy atom. The number of fused-ring (bicyclic) bond motifs is 1. The van der Waals surface area contributed by atoms with Gasteiger partial charge in [0, 0.05) is 15.9 Å². The van der Waals surface area contributed by atoms with Crippen LogP contribution in [0.15, 0.2) is 16.6 Å². The first-order valence-corrected chi connectivity index (χ1v) is 9.75. The first-order valence-electron chi connectivity index (χ1n) is 8.96. The number of carboxylic acid groups (broad SMARTS) is 1. The van der Waals surface area contributed by atoms with E-state index in [0.29, 0.717) is 10.9 Å². The van der Waals surface area contributed by atoms with E-state index in [0.717, 1.165) is 40.4 Å². The largest absolute Gasteiger partial charge is 0.463 e. The number of benzene rings is 1. The molecule has 1 amide bonds. The second-order valence-corrected chi connectivity index (χ2v) is 8.77. The average molecular weight is 422 g/mol. The summed E-state index contributed by atoms with van der Waals surface area (Å²) in [5.41, 5.74) is 1.21. The van der Waals surface area contributed by atoms with E-state index in [1.54, 1.807) is 6.07 Å². The quantitative estimate of drug-likeness (QED) is 0.736. The average Bonchev–Trinajstić information content (AvgIpc) is 2.94. The number of hydrogen-bond acceptors (Lipinski definition) is 3. The molecule has 1 saturated carbocycles. The summed E-state index contributed by atoms with van der Waals surface area (Å²) in [6, 6.07) is 3.63. The lowest BCUT2D eigenvalue weighted by Crippen LogP contribution is -2.36. The Kier molecular flexibility index (Phi) is 5.10. The van der Waals surface area contributed by atoms with E-state index in [1.807, 2.05) is 26.8 Å². The molecule has 1 aromatic carbocycles. The number of nitrogens with one attached hydrogen (secondary N) is 1. The summed E-state index contributed by atoms with van der Waals surface area (Å²) in [5.74, 6) is -0.300. The van der Waals surface area contributed by atoms with Gasteiger partial charge in [-0.05, 0) is 36.0 Å². The molecule has 3 rings (SSSR count). The van der Waals surface area contributed by atoms with Gasteiger partial charge in [-0.1, -0.05) is 56.0 Å². The summed E-state index contributed by atoms with van der Waals surface area (Å²) in [6.07, 6.45) is 4.12. The fourth-order valence-corrected chi connectivity index (χ4v) is 4.65. The van der Waals surface area contributed by atoms with Gasteiger partial charge in [0.15, 0.2) is 5.69 Å². The molecule has 2 aromatic rings. The van der Waals surface area contributed by atoms with Crippen LogP contribution in [0.4, 0.5) is 4.79 Å². The van der Waals surface area contributed by atoms with E-state index in [9.17, 15) is 14.7 Å². The van der Waals surface area contributed by atoms with Crippen LogP contribution in [-0.4, -0.2) is 32.9 Å². The van der Waals surface area contributed by atoms with Crippen molar-refractivity contribution in [2.24, 2.45) is 0 Å². The normalized spacial score (nSPS) is 16.0. The monoisotopic (exact) mass is 421 g/mol. The molecule has 0 saturated heterocycles. The maximum Gasteiger partial charge on any atom is 0.432 e. The van der Waals surface area contributed by atoms with Crippen LogP contribution in [0, 0.1) is 0 Å². The molecule has 26 heavy (non-hydrogen) atoms. The van der Waals surface area contributed by atoms with Crippen molar-refractivity contribution in [3.63, 3.8) is 0 Å². The SMILES string of the molecule is CC(C)(C)c1c(Br)ccc2c1c(C(=O)NC1CCCCC1)nn2C(=O)O. The molecular weight excluding hydrogens is 398 g/mol. The lowest BCUT2D eigenvalue weighted by molar-refractivity contribution is 0.0923. The van der Waals surface area contributed by atoms with Gasteiger partial charge in [0.1, 0.15) is 0 Å². The van der Waals surface area contributed by atoms with Crippen LogP contribution in [-0.2, 0) is 5.41 Å². The third kappa shape index (κ3) is 3.49. The molecule has 7 heteroatoms. The number of halogens is 1. The molecule has 0 bridgehead atoms. The second kappa shape index (κ2) is 7.02. The fourth-order valence-electron chi connectivity index (χ4n) is 3.73. The van der Waals surface area contributed by atoms with Crippen molar-refractivity contribution in [1.82, 2.24) is 15.1 Å². The van der Waals surface area contributed by atoms with Crippen molar-refractivity contribution in [3.8, 4) is 0 Å². The lowest BCUT2D eigenvalue weighted by Gasteiger charge is -2.24. The molecule has 1 heterocycles. The number of hydrogen-bond donors (Lipinski definition) is 2. The molecule has 1 fully saturated rings. The van der Waals surface area contributed by atoms with Crippen LogP contribution in [0.1, 0.15) is 68.9 Å². The van der Waals surface area contributed by atoms with Crippen LogP contribution in [0.3, 0.4) is 0 Å². The van der Waals surface area contributed by atoms with Crippen molar-refractivity contribution in [2.75, 3.05) is 0 Å². The van der Waals surface area contributed by atoms with Crippen molar-refractivity contribution >= 4 is 38.8 Å². The fraction of sp³-hybridized carbons (Fsp3) is 0.526. The van der Waals surface area contributed by atoms with Gasteiger partial charge in [-0.3, -0.25) is 4.79 Å². The van der Waals surface area contributed by atoms with Crippen LogP contribution in [0.25, 0.3) is 10.9 Å². The molecule has 6 nitrogen and oxygen atoms in total. The lowest BCUT2D eigenvalue weighted by atomic mass is 9.84. The highest BCUT2D eigenvalue weighted by Crippen LogP contribution is 2.38. The molecular formula is C19H24BrN3O3. The number of aromatic nitrogens is 2. The number of carbonyl (C=O) groups excluding carboxylic acids is 1. The third-order valence-corrected chi connectivity index (χ3v) is 5.54. The molecule has 0 spiro atoms. The van der Waals surface area contributed by atoms with Gasteiger partial charge in [-0.2, -0.15) is 9.78 Å². The van der Waals surface area contributed by atoms with Crippen molar-refractivity contribution in [2.45, 2.75) is 64.3 Å². The molecule has 1 aromatic heterocycles. The van der Waals surface area contributed by atoms with Crippen LogP contribution in [0.5, 0.6) is 0 Å². The maximum atomic E-state index is 13.0. The van der Waals surface area contributed by atoms with Crippen LogP contribution < -0.4 is 5.32 Å². The summed E-state index contributed by atoms with van der Waals surface area (Å²) < 4.78 is 1.74. The molecule has 1 aliphatic rings. The van der Waals surface area contributed by atoms with Crippen LogP contribution in [0.2, 0.25) is 0 Å². The van der Waals surface area contributed by atoms with Crippen LogP contribution >= 0.6 is 15.9 Å². The summed E-state index contributed by atoms with van der Waals surface area (Å²) in [7, 11) is 0. The van der Waals surface area contributed by atoms with E-state index in [2.05, 4.69) is 26.3 Å². The molecule has 1 aliphatic carbocycles. The van der Waals surface area contributed by atoms with Crippen molar-refractivity contribution in [1.29, 1.82) is 0 Å². The number of rotatable bonds is 2. The van der Waals surface area contributed by atoms with E-state index >= 15 is 0 Å². The van der Waals surface area contributed by atoms with E-state index in [4.69, 9.17) is 0 Å². The summed E-state index contributed by atoms with van der Waals surface area (Å²) in [4.78, 5) is 24.6. The smallest absolute Gasteiger partial charge is 0.432 e. The Morgan fingerprint density at radius 2 is 1.88 bits per heavy atom. The Balaban J connectivity index is 2.15. The zero-order valence-corrected chi connectivity index (χ0v) is 16.9. The van der Waals surface area contributed by atoms with E-state index in [-0.39, 0.29) is 23.1 Å².